The highest BCUT2D eigenvalue weighted by Crippen LogP contribution is 2.40. The third kappa shape index (κ3) is 3.12. The van der Waals surface area contributed by atoms with Gasteiger partial charge in [0.15, 0.2) is 0 Å². The first-order chi connectivity index (χ1) is 12.0. The van der Waals surface area contributed by atoms with Gasteiger partial charge in [-0.3, -0.25) is 0 Å². The molecule has 0 aliphatic carbocycles. The molecule has 0 aromatic heterocycles. The van der Waals surface area contributed by atoms with Crippen LogP contribution < -0.4 is 16.2 Å². The first-order valence-electron chi connectivity index (χ1n) is 7.67. The second-order valence-corrected chi connectivity index (χ2v) is 5.62. The lowest BCUT2D eigenvalue weighted by molar-refractivity contribution is 0.0693. The van der Waals surface area contributed by atoms with Crippen LogP contribution in [0.25, 0.3) is 22.3 Å². The minimum atomic E-state index is -1.04. The van der Waals surface area contributed by atoms with Gasteiger partial charge < -0.3 is 21.3 Å². The van der Waals surface area contributed by atoms with Gasteiger partial charge in [-0.25, -0.2) is 4.79 Å². The number of para-hydroxylation sites is 1. The molecule has 0 aliphatic rings. The zero-order valence-electron chi connectivity index (χ0n) is 13.7. The van der Waals surface area contributed by atoms with E-state index >= 15 is 0 Å². The van der Waals surface area contributed by atoms with Crippen molar-refractivity contribution in [2.75, 3.05) is 18.6 Å². The SMILES string of the molecule is COc1c(C(=O)O)cccc1-c1cc(N)ccc1-c1ccc(N)cc1. The van der Waals surface area contributed by atoms with Crippen LogP contribution in [0, 0.1) is 0 Å². The third-order valence-electron chi connectivity index (χ3n) is 4.01. The van der Waals surface area contributed by atoms with Crippen LogP contribution in [0.15, 0.2) is 60.7 Å². The van der Waals surface area contributed by atoms with Gasteiger partial charge in [0.25, 0.3) is 0 Å². The van der Waals surface area contributed by atoms with E-state index in [0.717, 1.165) is 16.7 Å². The molecule has 0 amide bonds. The quantitative estimate of drug-likeness (QED) is 0.629. The largest absolute Gasteiger partial charge is 0.495 e. The number of benzene rings is 3. The lowest BCUT2D eigenvalue weighted by atomic mass is 9.92. The summed E-state index contributed by atoms with van der Waals surface area (Å²) in [6.45, 7) is 0. The van der Waals surface area contributed by atoms with Crippen molar-refractivity contribution in [2.24, 2.45) is 0 Å². The topological polar surface area (TPSA) is 98.6 Å². The number of carbonyl (C=O) groups is 1. The minimum Gasteiger partial charge on any atom is -0.495 e. The van der Waals surface area contributed by atoms with Gasteiger partial charge in [-0.05, 0) is 47.0 Å². The fourth-order valence-corrected chi connectivity index (χ4v) is 2.84. The highest BCUT2D eigenvalue weighted by molar-refractivity contribution is 5.97. The van der Waals surface area contributed by atoms with Gasteiger partial charge >= 0.3 is 5.97 Å². The molecule has 0 radical (unpaired) electrons. The van der Waals surface area contributed by atoms with Gasteiger partial charge in [-0.2, -0.15) is 0 Å². The van der Waals surface area contributed by atoms with Gasteiger partial charge in [0.05, 0.1) is 7.11 Å². The lowest BCUT2D eigenvalue weighted by Gasteiger charge is -2.16. The number of nitrogen functional groups attached to an aromatic ring is 2. The number of carboxylic acids is 1. The molecule has 0 atom stereocenters. The molecule has 3 rings (SSSR count). The molecule has 126 valence electrons. The van der Waals surface area contributed by atoms with E-state index in [1.807, 2.05) is 48.5 Å². The van der Waals surface area contributed by atoms with Crippen LogP contribution in [0.4, 0.5) is 11.4 Å². The first kappa shape index (κ1) is 16.4. The standard InChI is InChI=1S/C20H18N2O3/c1-25-19-16(3-2-4-17(19)20(23)24)18-11-14(22)9-10-15(18)12-5-7-13(21)8-6-12/h2-11H,21-22H2,1H3,(H,23,24). The molecular weight excluding hydrogens is 316 g/mol. The van der Waals surface area contributed by atoms with Crippen LogP contribution in [-0.4, -0.2) is 18.2 Å². The average molecular weight is 334 g/mol. The van der Waals surface area contributed by atoms with Gasteiger partial charge in [0.1, 0.15) is 11.3 Å². The average Bonchev–Trinajstić information content (AvgIpc) is 2.61. The summed E-state index contributed by atoms with van der Waals surface area (Å²) in [4.78, 5) is 11.5. The predicted octanol–water partition coefficient (Wildman–Crippen LogP) is 3.89. The maximum atomic E-state index is 11.5. The zero-order chi connectivity index (χ0) is 18.0. The normalized spacial score (nSPS) is 10.4. The Morgan fingerprint density at radius 2 is 1.56 bits per heavy atom. The second kappa shape index (κ2) is 6.57. The number of rotatable bonds is 4. The Bertz CT molecular complexity index is 934. The summed E-state index contributed by atoms with van der Waals surface area (Å²) in [7, 11) is 1.46. The van der Waals surface area contributed by atoms with Crippen molar-refractivity contribution in [1.29, 1.82) is 0 Å². The molecule has 0 heterocycles. The van der Waals surface area contributed by atoms with E-state index in [1.165, 1.54) is 13.2 Å². The summed E-state index contributed by atoms with van der Waals surface area (Å²) in [5, 5.41) is 9.42. The van der Waals surface area contributed by atoms with Gasteiger partial charge in [-0.15, -0.1) is 0 Å². The summed E-state index contributed by atoms with van der Waals surface area (Å²) < 4.78 is 5.40. The van der Waals surface area contributed by atoms with E-state index < -0.39 is 5.97 Å². The highest BCUT2D eigenvalue weighted by atomic mass is 16.5. The van der Waals surface area contributed by atoms with Crippen LogP contribution in [0.3, 0.4) is 0 Å². The van der Waals surface area contributed by atoms with Gasteiger partial charge in [0.2, 0.25) is 0 Å². The molecule has 0 spiro atoms. The number of carboxylic acid groups (broad SMARTS) is 1. The van der Waals surface area contributed by atoms with Crippen LogP contribution in [0.2, 0.25) is 0 Å². The van der Waals surface area contributed by atoms with Gasteiger partial charge in [0, 0.05) is 16.9 Å². The maximum Gasteiger partial charge on any atom is 0.339 e. The molecular formula is C20H18N2O3. The predicted molar refractivity (Wildman–Crippen MR) is 99.7 cm³/mol. The summed E-state index contributed by atoms with van der Waals surface area (Å²) in [5.41, 5.74) is 16.4. The van der Waals surface area contributed by atoms with Crippen molar-refractivity contribution < 1.29 is 14.6 Å². The van der Waals surface area contributed by atoms with Gasteiger partial charge in [-0.1, -0.05) is 30.3 Å². The van der Waals surface area contributed by atoms with Crippen molar-refractivity contribution in [1.82, 2.24) is 0 Å². The second-order valence-electron chi connectivity index (χ2n) is 5.62. The number of hydrogen-bond donors (Lipinski definition) is 3. The molecule has 0 bridgehead atoms. The molecule has 5 N–H and O–H groups in total. The Hall–Kier alpha value is -3.47. The number of anilines is 2. The number of methoxy groups -OCH3 is 1. The van der Waals surface area contributed by atoms with Crippen molar-refractivity contribution in [3.63, 3.8) is 0 Å². The lowest BCUT2D eigenvalue weighted by Crippen LogP contribution is -2.02. The molecule has 5 heteroatoms. The Kier molecular flexibility index (Phi) is 4.31. The fraction of sp³-hybridized carbons (Fsp3) is 0.0500. The zero-order valence-corrected chi connectivity index (χ0v) is 13.7. The maximum absolute atomic E-state index is 11.5. The summed E-state index contributed by atoms with van der Waals surface area (Å²) in [6, 6.07) is 18.0. The molecule has 0 aliphatic heterocycles. The molecule has 25 heavy (non-hydrogen) atoms. The van der Waals surface area contributed by atoms with Crippen LogP contribution >= 0.6 is 0 Å². The van der Waals surface area contributed by atoms with E-state index in [1.54, 1.807) is 6.07 Å². The minimum absolute atomic E-state index is 0.102. The number of nitrogens with two attached hydrogens (primary N) is 2. The third-order valence-corrected chi connectivity index (χ3v) is 4.01. The number of aromatic carboxylic acids is 1. The monoisotopic (exact) mass is 334 g/mol. The van der Waals surface area contributed by atoms with E-state index in [-0.39, 0.29) is 5.56 Å². The van der Waals surface area contributed by atoms with Crippen molar-refractivity contribution >= 4 is 17.3 Å². The Morgan fingerprint density at radius 3 is 2.20 bits per heavy atom. The molecule has 3 aromatic carbocycles. The molecule has 0 saturated heterocycles. The first-order valence-corrected chi connectivity index (χ1v) is 7.67. The van der Waals surface area contributed by atoms with E-state index in [0.29, 0.717) is 22.7 Å². The summed E-state index contributed by atoms with van der Waals surface area (Å²) >= 11 is 0. The highest BCUT2D eigenvalue weighted by Gasteiger charge is 2.18. The Morgan fingerprint density at radius 1 is 0.880 bits per heavy atom. The van der Waals surface area contributed by atoms with Crippen LogP contribution in [-0.2, 0) is 0 Å². The van der Waals surface area contributed by atoms with Crippen molar-refractivity contribution in [3.05, 3.63) is 66.2 Å². The van der Waals surface area contributed by atoms with Crippen LogP contribution in [0.1, 0.15) is 10.4 Å². The van der Waals surface area contributed by atoms with E-state index in [2.05, 4.69) is 0 Å². The van der Waals surface area contributed by atoms with Crippen LogP contribution in [0.5, 0.6) is 5.75 Å². The molecule has 0 fully saturated rings. The Labute approximate surface area is 145 Å². The smallest absolute Gasteiger partial charge is 0.339 e. The summed E-state index contributed by atoms with van der Waals surface area (Å²) in [6.07, 6.45) is 0. The number of ether oxygens (including phenoxy) is 1. The van der Waals surface area contributed by atoms with Crippen molar-refractivity contribution in [2.45, 2.75) is 0 Å². The molecule has 5 nitrogen and oxygen atoms in total. The molecule has 3 aromatic rings. The fourth-order valence-electron chi connectivity index (χ4n) is 2.84. The van der Waals surface area contributed by atoms with Crippen molar-refractivity contribution in [3.8, 4) is 28.0 Å². The molecule has 0 unspecified atom stereocenters. The Balaban J connectivity index is 2.28. The van der Waals surface area contributed by atoms with E-state index in [9.17, 15) is 9.90 Å². The molecule has 0 saturated carbocycles. The van der Waals surface area contributed by atoms with E-state index in [4.69, 9.17) is 16.2 Å². The number of hydrogen-bond acceptors (Lipinski definition) is 4. The summed E-state index contributed by atoms with van der Waals surface area (Å²) in [5.74, 6) is -0.742.